The Morgan fingerprint density at radius 1 is 0.302 bits per heavy atom. The molecule has 10 rings (SSSR count). The molecule has 248 valence electrons. The molecule has 9 aromatic rings. The molecule has 0 fully saturated rings. The zero-order valence-electron chi connectivity index (χ0n) is 28.8. The summed E-state index contributed by atoms with van der Waals surface area (Å²) in [6.07, 6.45) is 0. The average Bonchev–Trinajstić information content (AvgIpc) is 3.24. The van der Waals surface area contributed by atoms with Gasteiger partial charge in [0.15, 0.2) is 5.82 Å². The number of benzene rings is 8. The maximum Gasteiger partial charge on any atom is 0.160 e. The van der Waals surface area contributed by atoms with Crippen molar-refractivity contribution in [3.63, 3.8) is 0 Å². The van der Waals surface area contributed by atoms with Gasteiger partial charge in [0.1, 0.15) is 11.5 Å². The minimum absolute atomic E-state index is 0.689. The highest BCUT2D eigenvalue weighted by atomic mass is 16.5. The van der Waals surface area contributed by atoms with E-state index in [1.165, 1.54) is 22.1 Å². The van der Waals surface area contributed by atoms with E-state index in [-0.39, 0.29) is 0 Å². The SMILES string of the molecule is c1ccc(-c2ccc(-c3cc(-c4cc(-c5ccccc5)cc(-c5ccc6c(c5)-c5cccc7cccc(c57)O6)c4)nc(-c4ccccc4)n3)cc2)cc1. The molecule has 3 nitrogen and oxygen atoms in total. The van der Waals surface area contributed by atoms with E-state index in [4.69, 9.17) is 14.7 Å². The third-order valence-corrected chi connectivity index (χ3v) is 10.1. The van der Waals surface area contributed by atoms with Crippen molar-refractivity contribution in [2.45, 2.75) is 0 Å². The van der Waals surface area contributed by atoms with E-state index in [0.717, 1.165) is 72.8 Å². The lowest BCUT2D eigenvalue weighted by molar-refractivity contribution is 0.487. The molecule has 0 amide bonds. The Hall–Kier alpha value is -7.10. The summed E-state index contributed by atoms with van der Waals surface area (Å²) >= 11 is 0. The van der Waals surface area contributed by atoms with Crippen molar-refractivity contribution in [1.82, 2.24) is 9.97 Å². The third-order valence-electron chi connectivity index (χ3n) is 10.1. The largest absolute Gasteiger partial charge is 0.456 e. The van der Waals surface area contributed by atoms with Crippen molar-refractivity contribution in [3.05, 3.63) is 194 Å². The lowest BCUT2D eigenvalue weighted by Crippen LogP contribution is -1.98. The Bertz CT molecular complexity index is 2770. The number of ether oxygens (including phenoxy) is 1. The first kappa shape index (κ1) is 30.7. The van der Waals surface area contributed by atoms with Gasteiger partial charge in [0.25, 0.3) is 0 Å². The lowest BCUT2D eigenvalue weighted by Gasteiger charge is -2.22. The van der Waals surface area contributed by atoms with Gasteiger partial charge in [-0.15, -0.1) is 0 Å². The minimum atomic E-state index is 0.689. The molecular weight excluding hydrogens is 645 g/mol. The van der Waals surface area contributed by atoms with Crippen LogP contribution in [0.4, 0.5) is 0 Å². The van der Waals surface area contributed by atoms with Gasteiger partial charge in [0.05, 0.1) is 11.4 Å². The van der Waals surface area contributed by atoms with E-state index in [0.29, 0.717) is 5.82 Å². The molecule has 0 radical (unpaired) electrons. The molecule has 0 saturated heterocycles. The first-order chi connectivity index (χ1) is 26.2. The zero-order valence-corrected chi connectivity index (χ0v) is 28.8. The summed E-state index contributed by atoms with van der Waals surface area (Å²) in [5.41, 5.74) is 13.9. The van der Waals surface area contributed by atoms with Gasteiger partial charge in [0.2, 0.25) is 0 Å². The van der Waals surface area contributed by atoms with Gasteiger partial charge < -0.3 is 4.74 Å². The Morgan fingerprint density at radius 3 is 1.53 bits per heavy atom. The van der Waals surface area contributed by atoms with Gasteiger partial charge in [-0.25, -0.2) is 9.97 Å². The minimum Gasteiger partial charge on any atom is -0.456 e. The van der Waals surface area contributed by atoms with Crippen molar-refractivity contribution >= 4 is 10.8 Å². The van der Waals surface area contributed by atoms with E-state index >= 15 is 0 Å². The zero-order chi connectivity index (χ0) is 35.1. The predicted octanol–water partition coefficient (Wildman–Crippen LogP) is 13.4. The molecule has 0 bridgehead atoms. The van der Waals surface area contributed by atoms with Crippen LogP contribution >= 0.6 is 0 Å². The molecule has 0 aliphatic carbocycles. The van der Waals surface area contributed by atoms with Crippen LogP contribution in [0.2, 0.25) is 0 Å². The monoisotopic (exact) mass is 676 g/mol. The van der Waals surface area contributed by atoms with Crippen LogP contribution in [0.1, 0.15) is 0 Å². The summed E-state index contributed by atoms with van der Waals surface area (Å²) in [4.78, 5) is 10.3. The number of rotatable bonds is 6. The van der Waals surface area contributed by atoms with Gasteiger partial charge in [-0.1, -0.05) is 152 Å². The summed E-state index contributed by atoms with van der Waals surface area (Å²) in [6, 6.07) is 68.1. The van der Waals surface area contributed by atoms with Crippen LogP contribution in [-0.4, -0.2) is 9.97 Å². The molecule has 0 N–H and O–H groups in total. The molecule has 0 spiro atoms. The first-order valence-corrected chi connectivity index (χ1v) is 17.9. The summed E-state index contributed by atoms with van der Waals surface area (Å²) in [5.74, 6) is 2.45. The van der Waals surface area contributed by atoms with E-state index in [1.54, 1.807) is 0 Å². The van der Waals surface area contributed by atoms with Crippen LogP contribution in [0.5, 0.6) is 11.5 Å². The quantitative estimate of drug-likeness (QED) is 0.176. The highest BCUT2D eigenvalue weighted by Gasteiger charge is 2.21. The summed E-state index contributed by atoms with van der Waals surface area (Å²) in [5, 5.41) is 2.32. The third kappa shape index (κ3) is 5.75. The second-order valence-electron chi connectivity index (χ2n) is 13.4. The predicted molar refractivity (Wildman–Crippen MR) is 218 cm³/mol. The van der Waals surface area contributed by atoms with Crippen LogP contribution in [0.25, 0.3) is 89.2 Å². The highest BCUT2D eigenvalue weighted by molar-refractivity contribution is 6.04. The van der Waals surface area contributed by atoms with Crippen LogP contribution < -0.4 is 4.74 Å². The molecule has 1 aliphatic rings. The van der Waals surface area contributed by atoms with Crippen molar-refractivity contribution in [1.29, 1.82) is 0 Å². The highest BCUT2D eigenvalue weighted by Crippen LogP contribution is 2.48. The Kier molecular flexibility index (Phi) is 7.47. The Labute approximate surface area is 308 Å². The van der Waals surface area contributed by atoms with E-state index in [9.17, 15) is 0 Å². The fraction of sp³-hybridized carbons (Fsp3) is 0. The van der Waals surface area contributed by atoms with Gasteiger partial charge in [-0.05, 0) is 86.8 Å². The number of hydrogen-bond acceptors (Lipinski definition) is 3. The molecule has 1 aliphatic heterocycles. The van der Waals surface area contributed by atoms with Crippen molar-refractivity contribution in [2.24, 2.45) is 0 Å². The number of fused-ring (bicyclic) bond motifs is 2. The van der Waals surface area contributed by atoms with Crippen LogP contribution in [0.15, 0.2) is 194 Å². The summed E-state index contributed by atoms with van der Waals surface area (Å²) in [7, 11) is 0. The average molecular weight is 677 g/mol. The van der Waals surface area contributed by atoms with Crippen LogP contribution in [0.3, 0.4) is 0 Å². The van der Waals surface area contributed by atoms with Crippen molar-refractivity contribution < 1.29 is 4.74 Å². The molecule has 3 heteroatoms. The van der Waals surface area contributed by atoms with E-state index in [2.05, 4.69) is 170 Å². The molecule has 53 heavy (non-hydrogen) atoms. The molecule has 0 atom stereocenters. The number of hydrogen-bond donors (Lipinski definition) is 0. The second kappa shape index (κ2) is 12.9. The summed E-state index contributed by atoms with van der Waals surface area (Å²) in [6.45, 7) is 0. The first-order valence-electron chi connectivity index (χ1n) is 17.9. The standard InChI is InChI=1S/C50H32N2O/c1-4-12-33(13-5-1)35-22-24-36(25-23-35)45-32-46(52-50(51-45)38-16-8-3-9-17-38)42-29-40(34-14-6-2-7-15-34)28-41(30-42)39-26-27-47-44(31-39)43-20-10-18-37-19-11-21-48(53-47)49(37)43/h1-32H. The maximum absolute atomic E-state index is 6.45. The van der Waals surface area contributed by atoms with Gasteiger partial charge in [-0.3, -0.25) is 0 Å². The lowest BCUT2D eigenvalue weighted by atomic mass is 9.90. The smallest absolute Gasteiger partial charge is 0.160 e. The molecule has 0 saturated carbocycles. The van der Waals surface area contributed by atoms with Crippen LogP contribution in [0, 0.1) is 0 Å². The van der Waals surface area contributed by atoms with Crippen LogP contribution in [-0.2, 0) is 0 Å². The fourth-order valence-electron chi connectivity index (χ4n) is 7.41. The number of aromatic nitrogens is 2. The molecule has 2 heterocycles. The molecule has 1 aromatic heterocycles. The molecule has 8 aromatic carbocycles. The topological polar surface area (TPSA) is 35.0 Å². The van der Waals surface area contributed by atoms with Gasteiger partial charge >= 0.3 is 0 Å². The van der Waals surface area contributed by atoms with Gasteiger partial charge in [0, 0.05) is 27.6 Å². The number of nitrogens with zero attached hydrogens (tertiary/aromatic N) is 2. The van der Waals surface area contributed by atoms with Crippen molar-refractivity contribution in [2.75, 3.05) is 0 Å². The van der Waals surface area contributed by atoms with E-state index in [1.807, 2.05) is 24.3 Å². The molecular formula is C50H32N2O. The maximum atomic E-state index is 6.45. The fourth-order valence-corrected chi connectivity index (χ4v) is 7.41. The Morgan fingerprint density at radius 2 is 0.830 bits per heavy atom. The Balaban J connectivity index is 1.14. The second-order valence-corrected chi connectivity index (χ2v) is 13.4. The normalized spacial score (nSPS) is 11.5. The molecule has 0 unspecified atom stereocenters. The van der Waals surface area contributed by atoms with E-state index < -0.39 is 0 Å². The van der Waals surface area contributed by atoms with Crippen molar-refractivity contribution in [3.8, 4) is 89.9 Å². The van der Waals surface area contributed by atoms with Gasteiger partial charge in [-0.2, -0.15) is 0 Å². The summed E-state index contributed by atoms with van der Waals surface area (Å²) < 4.78 is 6.45.